The van der Waals surface area contributed by atoms with E-state index in [0.29, 0.717) is 6.42 Å². The lowest BCUT2D eigenvalue weighted by Gasteiger charge is -2.18. The molecule has 3 nitrogen and oxygen atoms in total. The van der Waals surface area contributed by atoms with Crippen molar-refractivity contribution in [3.05, 3.63) is 29.3 Å². The monoisotopic (exact) mass is 229 g/mol. The summed E-state index contributed by atoms with van der Waals surface area (Å²) in [5.74, 6) is 5.66. The molecule has 1 aromatic rings. The highest BCUT2D eigenvalue weighted by Gasteiger charge is 2.22. The molecular weight excluding hydrogens is 214 g/mol. The number of carbonyl (C=O) groups is 1. The number of aliphatic hydroxyl groups is 1. The summed E-state index contributed by atoms with van der Waals surface area (Å²) in [5.41, 5.74) is 2.85. The molecule has 0 unspecified atom stereocenters. The zero-order chi connectivity index (χ0) is 12.3. The molecule has 1 aromatic carbocycles. The molecule has 0 saturated carbocycles. The number of nitrogens with zero attached hydrogens (tertiary/aromatic N) is 1. The molecule has 3 heteroatoms. The Labute approximate surface area is 101 Å². The smallest absolute Gasteiger partial charge is 0.227 e. The normalized spacial score (nSPS) is 14.7. The van der Waals surface area contributed by atoms with Crippen LogP contribution in [-0.4, -0.2) is 24.2 Å². The lowest BCUT2D eigenvalue weighted by atomic mass is 10.1. The largest absolute Gasteiger partial charge is 0.384 e. The fourth-order valence-electron chi connectivity index (χ4n) is 2.02. The average molecular weight is 229 g/mol. The van der Waals surface area contributed by atoms with Crippen molar-refractivity contribution < 1.29 is 9.90 Å². The number of amides is 1. The molecular formula is C14H15NO2. The first-order valence-electron chi connectivity index (χ1n) is 5.73. The van der Waals surface area contributed by atoms with Crippen molar-refractivity contribution >= 4 is 11.6 Å². The highest BCUT2D eigenvalue weighted by Crippen LogP contribution is 2.25. The van der Waals surface area contributed by atoms with Gasteiger partial charge in [0.25, 0.3) is 0 Å². The van der Waals surface area contributed by atoms with E-state index < -0.39 is 0 Å². The Hall–Kier alpha value is -1.79. The van der Waals surface area contributed by atoms with Crippen LogP contribution in [0.2, 0.25) is 0 Å². The molecule has 1 N–H and O–H groups in total. The number of hydrogen-bond donors (Lipinski definition) is 1. The van der Waals surface area contributed by atoms with Crippen LogP contribution >= 0.6 is 0 Å². The van der Waals surface area contributed by atoms with Gasteiger partial charge in [-0.3, -0.25) is 4.79 Å². The van der Waals surface area contributed by atoms with Crippen LogP contribution in [0.4, 0.5) is 5.69 Å². The van der Waals surface area contributed by atoms with Gasteiger partial charge < -0.3 is 10.0 Å². The number of rotatable bonds is 1. The van der Waals surface area contributed by atoms with E-state index >= 15 is 0 Å². The van der Waals surface area contributed by atoms with Crippen molar-refractivity contribution in [1.29, 1.82) is 0 Å². The van der Waals surface area contributed by atoms with Gasteiger partial charge in [0.15, 0.2) is 0 Å². The van der Waals surface area contributed by atoms with Gasteiger partial charge in [0, 0.05) is 24.2 Å². The Morgan fingerprint density at radius 3 is 2.94 bits per heavy atom. The van der Waals surface area contributed by atoms with Crippen LogP contribution in [0.3, 0.4) is 0 Å². The molecule has 1 amide bonds. The minimum absolute atomic E-state index is 0.147. The van der Waals surface area contributed by atoms with Crippen LogP contribution in [0.1, 0.15) is 24.0 Å². The van der Waals surface area contributed by atoms with Gasteiger partial charge in [0.05, 0.1) is 0 Å². The molecule has 1 fully saturated rings. The van der Waals surface area contributed by atoms with E-state index in [1.807, 2.05) is 30.0 Å². The Morgan fingerprint density at radius 1 is 1.47 bits per heavy atom. The summed E-state index contributed by atoms with van der Waals surface area (Å²) in [6.07, 6.45) is 1.55. The molecule has 0 aliphatic carbocycles. The van der Waals surface area contributed by atoms with E-state index in [1.54, 1.807) is 0 Å². The Bertz CT molecular complexity index is 497. The highest BCUT2D eigenvalue weighted by molar-refractivity contribution is 5.96. The summed E-state index contributed by atoms with van der Waals surface area (Å²) >= 11 is 0. The lowest BCUT2D eigenvalue weighted by Crippen LogP contribution is -2.24. The highest BCUT2D eigenvalue weighted by atomic mass is 16.2. The maximum Gasteiger partial charge on any atom is 0.227 e. The van der Waals surface area contributed by atoms with Crippen LogP contribution in [0, 0.1) is 18.8 Å². The minimum atomic E-state index is -0.147. The van der Waals surface area contributed by atoms with Crippen molar-refractivity contribution in [2.45, 2.75) is 19.8 Å². The molecule has 88 valence electrons. The van der Waals surface area contributed by atoms with Crippen LogP contribution in [0.15, 0.2) is 18.2 Å². The summed E-state index contributed by atoms with van der Waals surface area (Å²) in [6.45, 7) is 2.63. The number of aryl methyl sites for hydroxylation is 1. The van der Waals surface area contributed by atoms with Crippen molar-refractivity contribution in [3.63, 3.8) is 0 Å². The topological polar surface area (TPSA) is 40.5 Å². The van der Waals surface area contributed by atoms with E-state index in [9.17, 15) is 4.79 Å². The number of anilines is 1. The standard InChI is InChI=1S/C14H15NO2/c1-11-6-7-12(4-3-9-16)10-13(11)15-8-2-5-14(15)17/h6-7,10,16H,2,5,8-9H2,1H3. The summed E-state index contributed by atoms with van der Waals surface area (Å²) in [5, 5.41) is 8.67. The molecule has 0 aromatic heterocycles. The summed E-state index contributed by atoms with van der Waals surface area (Å²) in [4.78, 5) is 13.5. The van der Waals surface area contributed by atoms with Crippen LogP contribution < -0.4 is 4.90 Å². The third-order valence-electron chi connectivity index (χ3n) is 2.89. The van der Waals surface area contributed by atoms with Gasteiger partial charge in [-0.15, -0.1) is 0 Å². The summed E-state index contributed by atoms with van der Waals surface area (Å²) < 4.78 is 0. The molecule has 17 heavy (non-hydrogen) atoms. The van der Waals surface area contributed by atoms with E-state index in [0.717, 1.165) is 29.8 Å². The molecule has 0 spiro atoms. The van der Waals surface area contributed by atoms with Gasteiger partial charge in [-0.05, 0) is 31.0 Å². The second kappa shape index (κ2) is 5.03. The third-order valence-corrected chi connectivity index (χ3v) is 2.89. The van der Waals surface area contributed by atoms with Crippen LogP contribution in [-0.2, 0) is 4.79 Å². The molecule has 2 rings (SSSR count). The van der Waals surface area contributed by atoms with Crippen molar-refractivity contribution in [2.75, 3.05) is 18.1 Å². The van der Waals surface area contributed by atoms with E-state index in [2.05, 4.69) is 11.8 Å². The SMILES string of the molecule is Cc1ccc(C#CCO)cc1N1CCCC1=O. The fourth-order valence-corrected chi connectivity index (χ4v) is 2.02. The molecule has 1 saturated heterocycles. The maximum absolute atomic E-state index is 11.7. The van der Waals surface area contributed by atoms with Gasteiger partial charge in [-0.2, -0.15) is 0 Å². The number of aliphatic hydroxyl groups excluding tert-OH is 1. The fraction of sp³-hybridized carbons (Fsp3) is 0.357. The maximum atomic E-state index is 11.7. The first-order valence-corrected chi connectivity index (χ1v) is 5.73. The molecule has 1 heterocycles. The van der Waals surface area contributed by atoms with Crippen LogP contribution in [0.5, 0.6) is 0 Å². The Kier molecular flexibility index (Phi) is 3.46. The van der Waals surface area contributed by atoms with Crippen LogP contribution in [0.25, 0.3) is 0 Å². The van der Waals surface area contributed by atoms with Crippen molar-refractivity contribution in [1.82, 2.24) is 0 Å². The summed E-state index contributed by atoms with van der Waals surface area (Å²) in [6, 6.07) is 5.78. The predicted octanol–water partition coefficient (Wildman–Crippen LogP) is 1.47. The average Bonchev–Trinajstić information content (AvgIpc) is 2.74. The third kappa shape index (κ3) is 2.48. The second-order valence-corrected chi connectivity index (χ2v) is 4.11. The van der Waals surface area contributed by atoms with Gasteiger partial charge in [0.2, 0.25) is 5.91 Å². The number of carbonyl (C=O) groups excluding carboxylic acids is 1. The number of benzene rings is 1. The van der Waals surface area contributed by atoms with Gasteiger partial charge in [-0.25, -0.2) is 0 Å². The number of hydrogen-bond acceptors (Lipinski definition) is 2. The zero-order valence-electron chi connectivity index (χ0n) is 9.86. The molecule has 0 atom stereocenters. The lowest BCUT2D eigenvalue weighted by molar-refractivity contribution is -0.117. The molecule has 0 bridgehead atoms. The Morgan fingerprint density at radius 2 is 2.29 bits per heavy atom. The van der Waals surface area contributed by atoms with E-state index in [4.69, 9.17) is 5.11 Å². The first-order chi connectivity index (χ1) is 8.22. The van der Waals surface area contributed by atoms with E-state index in [1.165, 1.54) is 0 Å². The van der Waals surface area contributed by atoms with E-state index in [-0.39, 0.29) is 12.5 Å². The Balaban J connectivity index is 2.35. The zero-order valence-corrected chi connectivity index (χ0v) is 9.86. The van der Waals surface area contributed by atoms with Crippen molar-refractivity contribution in [2.24, 2.45) is 0 Å². The van der Waals surface area contributed by atoms with Gasteiger partial charge in [-0.1, -0.05) is 17.9 Å². The second-order valence-electron chi connectivity index (χ2n) is 4.11. The molecule has 1 aliphatic rings. The molecule has 1 aliphatic heterocycles. The van der Waals surface area contributed by atoms with Crippen molar-refractivity contribution in [3.8, 4) is 11.8 Å². The summed E-state index contributed by atoms with van der Waals surface area (Å²) in [7, 11) is 0. The predicted molar refractivity (Wildman–Crippen MR) is 66.7 cm³/mol. The van der Waals surface area contributed by atoms with Gasteiger partial charge >= 0.3 is 0 Å². The molecule has 0 radical (unpaired) electrons. The quantitative estimate of drug-likeness (QED) is 0.741. The van der Waals surface area contributed by atoms with Gasteiger partial charge in [0.1, 0.15) is 6.61 Å². The first kappa shape index (κ1) is 11.7. The minimum Gasteiger partial charge on any atom is -0.384 e.